The number of aromatic nitrogens is 3. The second-order valence-electron chi connectivity index (χ2n) is 6.23. The standard InChI is InChI=1S/C16H22ClN5O/c17-14-11-16(21-6-8-23-9-7-21)22-15(19-14)10-13(20-22)12-4-2-1-3-5-18-12/h10-12,18H,1-9H2. The number of fused-ring (bicyclic) bond motifs is 1. The molecule has 0 aromatic carbocycles. The molecular weight excluding hydrogens is 314 g/mol. The molecule has 2 aromatic heterocycles. The Kier molecular flexibility index (Phi) is 4.37. The zero-order valence-electron chi connectivity index (χ0n) is 13.2. The maximum absolute atomic E-state index is 6.24. The highest BCUT2D eigenvalue weighted by atomic mass is 35.5. The van der Waals surface area contributed by atoms with Crippen molar-refractivity contribution < 1.29 is 4.74 Å². The number of hydrogen-bond donors (Lipinski definition) is 1. The third kappa shape index (κ3) is 3.16. The molecule has 2 saturated heterocycles. The summed E-state index contributed by atoms with van der Waals surface area (Å²) in [5.41, 5.74) is 1.89. The van der Waals surface area contributed by atoms with E-state index in [1.165, 1.54) is 19.3 Å². The molecule has 0 saturated carbocycles. The molecule has 2 aliphatic heterocycles. The van der Waals surface area contributed by atoms with Crippen LogP contribution in [0, 0.1) is 0 Å². The Morgan fingerprint density at radius 1 is 1.17 bits per heavy atom. The second kappa shape index (κ2) is 6.63. The van der Waals surface area contributed by atoms with Crippen molar-refractivity contribution in [1.29, 1.82) is 0 Å². The van der Waals surface area contributed by atoms with Gasteiger partial charge in [0.25, 0.3) is 0 Å². The predicted octanol–water partition coefficient (Wildman–Crippen LogP) is 2.42. The molecule has 2 aliphatic rings. The normalized spacial score (nSPS) is 23.2. The number of nitrogens with zero attached hydrogens (tertiary/aromatic N) is 4. The number of anilines is 1. The van der Waals surface area contributed by atoms with Crippen molar-refractivity contribution in [3.63, 3.8) is 0 Å². The lowest BCUT2D eigenvalue weighted by atomic mass is 10.1. The molecule has 1 atom stereocenters. The average molecular weight is 336 g/mol. The summed E-state index contributed by atoms with van der Waals surface area (Å²) >= 11 is 6.24. The van der Waals surface area contributed by atoms with Gasteiger partial charge in [-0.25, -0.2) is 4.98 Å². The van der Waals surface area contributed by atoms with E-state index in [1.807, 2.05) is 10.6 Å². The van der Waals surface area contributed by atoms with Crippen molar-refractivity contribution >= 4 is 23.1 Å². The Morgan fingerprint density at radius 3 is 2.91 bits per heavy atom. The quantitative estimate of drug-likeness (QED) is 0.854. The molecule has 0 spiro atoms. The summed E-state index contributed by atoms with van der Waals surface area (Å²) in [6.45, 7) is 4.24. The van der Waals surface area contributed by atoms with Crippen molar-refractivity contribution in [3.8, 4) is 0 Å². The molecular formula is C16H22ClN5O. The molecule has 4 heterocycles. The Labute approximate surface area is 140 Å². The maximum atomic E-state index is 6.24. The highest BCUT2D eigenvalue weighted by Crippen LogP contribution is 2.26. The molecule has 2 aromatic rings. The average Bonchev–Trinajstić information content (AvgIpc) is 2.81. The van der Waals surface area contributed by atoms with E-state index in [1.54, 1.807) is 0 Å². The highest BCUT2D eigenvalue weighted by molar-refractivity contribution is 6.29. The van der Waals surface area contributed by atoms with Crippen molar-refractivity contribution in [2.45, 2.75) is 31.7 Å². The lowest BCUT2D eigenvalue weighted by molar-refractivity contribution is 0.122. The Hall–Kier alpha value is -1.37. The SMILES string of the molecule is Clc1cc(N2CCOCC2)n2nc(C3CCCCCN3)cc2n1. The van der Waals surface area contributed by atoms with E-state index in [-0.39, 0.29) is 0 Å². The van der Waals surface area contributed by atoms with E-state index < -0.39 is 0 Å². The molecule has 6 nitrogen and oxygen atoms in total. The third-order valence-corrected chi connectivity index (χ3v) is 4.84. The lowest BCUT2D eigenvalue weighted by Gasteiger charge is -2.28. The summed E-state index contributed by atoms with van der Waals surface area (Å²) in [6, 6.07) is 4.28. The second-order valence-corrected chi connectivity index (χ2v) is 6.62. The minimum absolute atomic E-state index is 0.315. The molecule has 124 valence electrons. The Balaban J connectivity index is 1.71. The first-order valence-electron chi connectivity index (χ1n) is 8.43. The van der Waals surface area contributed by atoms with E-state index >= 15 is 0 Å². The fraction of sp³-hybridized carbons (Fsp3) is 0.625. The van der Waals surface area contributed by atoms with Crippen LogP contribution in [0.5, 0.6) is 0 Å². The highest BCUT2D eigenvalue weighted by Gasteiger charge is 2.21. The summed E-state index contributed by atoms with van der Waals surface area (Å²) in [7, 11) is 0. The van der Waals surface area contributed by atoms with Crippen LogP contribution < -0.4 is 10.2 Å². The third-order valence-electron chi connectivity index (χ3n) is 4.65. The van der Waals surface area contributed by atoms with Crippen LogP contribution in [0.1, 0.15) is 37.4 Å². The van der Waals surface area contributed by atoms with Crippen LogP contribution in [0.15, 0.2) is 12.1 Å². The molecule has 0 radical (unpaired) electrons. The van der Waals surface area contributed by atoms with Gasteiger partial charge < -0.3 is 15.0 Å². The van der Waals surface area contributed by atoms with Crippen LogP contribution in [-0.2, 0) is 4.74 Å². The van der Waals surface area contributed by atoms with E-state index in [0.717, 1.165) is 56.4 Å². The van der Waals surface area contributed by atoms with Gasteiger partial charge in [0, 0.05) is 25.2 Å². The molecule has 7 heteroatoms. The molecule has 0 amide bonds. The maximum Gasteiger partial charge on any atom is 0.159 e. The number of rotatable bonds is 2. The predicted molar refractivity (Wildman–Crippen MR) is 90.2 cm³/mol. The van der Waals surface area contributed by atoms with Gasteiger partial charge in [0.1, 0.15) is 11.0 Å². The summed E-state index contributed by atoms with van der Waals surface area (Å²) in [6.07, 6.45) is 4.91. The van der Waals surface area contributed by atoms with Gasteiger partial charge in [0.15, 0.2) is 5.65 Å². The minimum Gasteiger partial charge on any atom is -0.378 e. The first kappa shape index (κ1) is 15.2. The van der Waals surface area contributed by atoms with E-state index in [2.05, 4.69) is 21.3 Å². The first-order chi connectivity index (χ1) is 11.3. The van der Waals surface area contributed by atoms with Crippen LogP contribution in [-0.4, -0.2) is 47.4 Å². The first-order valence-corrected chi connectivity index (χ1v) is 8.81. The van der Waals surface area contributed by atoms with Gasteiger partial charge in [-0.05, 0) is 19.4 Å². The Morgan fingerprint density at radius 2 is 2.04 bits per heavy atom. The molecule has 1 N–H and O–H groups in total. The minimum atomic E-state index is 0.315. The van der Waals surface area contributed by atoms with Crippen molar-refractivity contribution in [3.05, 3.63) is 23.0 Å². The van der Waals surface area contributed by atoms with E-state index in [9.17, 15) is 0 Å². The largest absolute Gasteiger partial charge is 0.378 e. The summed E-state index contributed by atoms with van der Waals surface area (Å²) in [5.74, 6) is 1.00. The molecule has 23 heavy (non-hydrogen) atoms. The molecule has 2 fully saturated rings. The van der Waals surface area contributed by atoms with Gasteiger partial charge in [-0.15, -0.1) is 0 Å². The van der Waals surface area contributed by atoms with Gasteiger partial charge in [0.2, 0.25) is 0 Å². The smallest absolute Gasteiger partial charge is 0.159 e. The number of hydrogen-bond acceptors (Lipinski definition) is 5. The summed E-state index contributed by atoms with van der Waals surface area (Å²) < 4.78 is 7.38. The zero-order chi connectivity index (χ0) is 15.6. The molecule has 0 bridgehead atoms. The monoisotopic (exact) mass is 335 g/mol. The zero-order valence-corrected chi connectivity index (χ0v) is 13.9. The molecule has 0 aliphatic carbocycles. The molecule has 1 unspecified atom stereocenters. The van der Waals surface area contributed by atoms with E-state index in [0.29, 0.717) is 11.2 Å². The summed E-state index contributed by atoms with van der Waals surface area (Å²) in [4.78, 5) is 6.72. The lowest BCUT2D eigenvalue weighted by Crippen LogP contribution is -2.37. The number of nitrogens with one attached hydrogen (secondary N) is 1. The van der Waals surface area contributed by atoms with Gasteiger partial charge in [-0.2, -0.15) is 9.61 Å². The topological polar surface area (TPSA) is 54.7 Å². The van der Waals surface area contributed by atoms with Crippen LogP contribution in [0.3, 0.4) is 0 Å². The van der Waals surface area contributed by atoms with Gasteiger partial charge in [-0.1, -0.05) is 24.4 Å². The number of ether oxygens (including phenoxy) is 1. The van der Waals surface area contributed by atoms with Gasteiger partial charge in [0.05, 0.1) is 24.9 Å². The van der Waals surface area contributed by atoms with Crippen LogP contribution in [0.25, 0.3) is 5.65 Å². The van der Waals surface area contributed by atoms with Crippen molar-refractivity contribution in [1.82, 2.24) is 19.9 Å². The Bertz CT molecular complexity index is 674. The van der Waals surface area contributed by atoms with Crippen LogP contribution in [0.4, 0.5) is 5.82 Å². The van der Waals surface area contributed by atoms with E-state index in [4.69, 9.17) is 21.4 Å². The fourth-order valence-corrected chi connectivity index (χ4v) is 3.60. The van der Waals surface area contributed by atoms with Gasteiger partial charge >= 0.3 is 0 Å². The van der Waals surface area contributed by atoms with Crippen LogP contribution >= 0.6 is 11.6 Å². The number of halogens is 1. The van der Waals surface area contributed by atoms with Crippen molar-refractivity contribution in [2.24, 2.45) is 0 Å². The molecule has 4 rings (SSSR count). The fourth-order valence-electron chi connectivity index (χ4n) is 3.42. The summed E-state index contributed by atoms with van der Waals surface area (Å²) in [5, 5.41) is 8.96. The van der Waals surface area contributed by atoms with Gasteiger partial charge in [-0.3, -0.25) is 0 Å². The van der Waals surface area contributed by atoms with Crippen molar-refractivity contribution in [2.75, 3.05) is 37.7 Å². The van der Waals surface area contributed by atoms with Crippen LogP contribution in [0.2, 0.25) is 5.15 Å². The number of morpholine rings is 1.